The Morgan fingerprint density at radius 2 is 1.86 bits per heavy atom. The molecule has 0 saturated carbocycles. The van der Waals surface area contributed by atoms with Gasteiger partial charge in [0.15, 0.2) is 11.5 Å². The van der Waals surface area contributed by atoms with Gasteiger partial charge >= 0.3 is 5.97 Å². The molecule has 8 heteroatoms. The zero-order valence-electron chi connectivity index (χ0n) is 16.6. The van der Waals surface area contributed by atoms with E-state index in [0.717, 1.165) is 0 Å². The van der Waals surface area contributed by atoms with E-state index in [0.29, 0.717) is 35.0 Å². The van der Waals surface area contributed by atoms with E-state index >= 15 is 0 Å². The summed E-state index contributed by atoms with van der Waals surface area (Å²) in [7, 11) is 4.44. The number of hydrogen-bond donors (Lipinski definition) is 1. The molecule has 2 N–H and O–H groups in total. The number of hydrogen-bond acceptors (Lipinski definition) is 8. The molecule has 0 radical (unpaired) electrons. The zero-order chi connectivity index (χ0) is 20.8. The van der Waals surface area contributed by atoms with Crippen molar-refractivity contribution in [3.8, 4) is 23.3 Å². The van der Waals surface area contributed by atoms with Gasteiger partial charge in [0.1, 0.15) is 17.4 Å². The third-order valence-electron chi connectivity index (χ3n) is 4.36. The number of benzene rings is 1. The van der Waals surface area contributed by atoms with E-state index in [2.05, 4.69) is 6.07 Å². The van der Waals surface area contributed by atoms with E-state index in [1.165, 1.54) is 21.3 Å². The number of carbonyl (C=O) groups excluding carboxylic acids is 1. The summed E-state index contributed by atoms with van der Waals surface area (Å²) in [6.45, 7) is 3.70. The van der Waals surface area contributed by atoms with Crippen LogP contribution in [-0.2, 0) is 14.3 Å². The van der Waals surface area contributed by atoms with Crippen LogP contribution < -0.4 is 19.9 Å². The van der Waals surface area contributed by atoms with E-state index in [9.17, 15) is 10.1 Å². The minimum Gasteiger partial charge on any atom is -0.493 e. The summed E-state index contributed by atoms with van der Waals surface area (Å²) in [6.07, 6.45) is 0.389. The Hall–Kier alpha value is -3.34. The van der Waals surface area contributed by atoms with Crippen molar-refractivity contribution in [2.24, 2.45) is 5.73 Å². The summed E-state index contributed by atoms with van der Waals surface area (Å²) in [5.74, 6) is -0.0179. The lowest BCUT2D eigenvalue weighted by Gasteiger charge is -2.29. The van der Waals surface area contributed by atoms with Gasteiger partial charge < -0.3 is 29.4 Å². The number of nitrogens with two attached hydrogens (primary N) is 1. The lowest BCUT2D eigenvalue weighted by Crippen LogP contribution is -2.26. The monoisotopic (exact) mass is 388 g/mol. The SMILES string of the molecule is CCOC(=O)C1=C(CC)OC(N)=C(C#N)[C@H]1c1ccc(OC)c(OC)c1OC. The van der Waals surface area contributed by atoms with Crippen LogP contribution in [0.15, 0.2) is 34.9 Å². The molecule has 1 aromatic rings. The number of rotatable bonds is 7. The van der Waals surface area contributed by atoms with Crippen molar-refractivity contribution in [1.82, 2.24) is 0 Å². The lowest BCUT2D eigenvalue weighted by atomic mass is 9.82. The second-order valence-electron chi connectivity index (χ2n) is 5.76. The molecule has 0 fully saturated rings. The van der Waals surface area contributed by atoms with Gasteiger partial charge in [-0.05, 0) is 13.0 Å². The first kappa shape index (κ1) is 21.0. The quantitative estimate of drug-likeness (QED) is 0.710. The molecule has 0 spiro atoms. The van der Waals surface area contributed by atoms with Crippen molar-refractivity contribution >= 4 is 5.97 Å². The largest absolute Gasteiger partial charge is 0.493 e. The number of carbonyl (C=O) groups is 1. The van der Waals surface area contributed by atoms with Crippen molar-refractivity contribution in [3.63, 3.8) is 0 Å². The molecule has 150 valence electrons. The van der Waals surface area contributed by atoms with E-state index in [4.69, 9.17) is 29.4 Å². The van der Waals surface area contributed by atoms with Crippen LogP contribution in [0.1, 0.15) is 31.7 Å². The van der Waals surface area contributed by atoms with Gasteiger partial charge in [-0.15, -0.1) is 0 Å². The molecule has 0 amide bonds. The normalized spacial score (nSPS) is 16.2. The molecule has 28 heavy (non-hydrogen) atoms. The minimum absolute atomic E-state index is 0.0609. The van der Waals surface area contributed by atoms with Crippen molar-refractivity contribution in [3.05, 3.63) is 40.5 Å². The third-order valence-corrected chi connectivity index (χ3v) is 4.36. The summed E-state index contributed by atoms with van der Waals surface area (Å²) in [5.41, 5.74) is 6.80. The average molecular weight is 388 g/mol. The van der Waals surface area contributed by atoms with Crippen molar-refractivity contribution in [1.29, 1.82) is 5.26 Å². The molecule has 1 aromatic carbocycles. The highest BCUT2D eigenvalue weighted by molar-refractivity contribution is 5.93. The summed E-state index contributed by atoms with van der Waals surface area (Å²) < 4.78 is 27.1. The van der Waals surface area contributed by atoms with Crippen molar-refractivity contribution < 1.29 is 28.5 Å². The van der Waals surface area contributed by atoms with Crippen molar-refractivity contribution in [2.45, 2.75) is 26.2 Å². The summed E-state index contributed by atoms with van der Waals surface area (Å²) >= 11 is 0. The highest BCUT2D eigenvalue weighted by Gasteiger charge is 2.39. The molecular formula is C20H24N2O6. The molecule has 1 heterocycles. The maximum absolute atomic E-state index is 12.8. The Bertz CT molecular complexity index is 866. The first-order valence-electron chi connectivity index (χ1n) is 8.75. The van der Waals surface area contributed by atoms with Gasteiger partial charge in [-0.3, -0.25) is 0 Å². The Labute approximate surface area is 164 Å². The number of esters is 1. The minimum atomic E-state index is -0.831. The van der Waals surface area contributed by atoms with Crippen LogP contribution in [0.4, 0.5) is 0 Å². The number of nitriles is 1. The number of allylic oxidation sites excluding steroid dienone is 2. The Morgan fingerprint density at radius 1 is 1.18 bits per heavy atom. The number of nitrogens with zero attached hydrogens (tertiary/aromatic N) is 1. The third kappa shape index (κ3) is 3.56. The fourth-order valence-corrected chi connectivity index (χ4v) is 3.18. The van der Waals surface area contributed by atoms with Gasteiger partial charge in [0.2, 0.25) is 11.6 Å². The Kier molecular flexibility index (Phi) is 6.77. The fraction of sp³-hybridized carbons (Fsp3) is 0.400. The first-order chi connectivity index (χ1) is 13.5. The molecule has 1 aliphatic rings. The molecule has 0 aromatic heterocycles. The van der Waals surface area contributed by atoms with E-state index in [1.807, 2.05) is 6.92 Å². The van der Waals surface area contributed by atoms with Crippen LogP contribution in [0.5, 0.6) is 17.2 Å². The van der Waals surface area contributed by atoms with E-state index in [-0.39, 0.29) is 23.6 Å². The molecular weight excluding hydrogens is 364 g/mol. The second kappa shape index (κ2) is 9.04. The van der Waals surface area contributed by atoms with Gasteiger partial charge in [-0.1, -0.05) is 13.0 Å². The van der Waals surface area contributed by atoms with Crippen molar-refractivity contribution in [2.75, 3.05) is 27.9 Å². The molecule has 0 saturated heterocycles. The first-order valence-corrected chi connectivity index (χ1v) is 8.75. The summed E-state index contributed by atoms with van der Waals surface area (Å²) in [4.78, 5) is 12.8. The lowest BCUT2D eigenvalue weighted by molar-refractivity contribution is -0.139. The van der Waals surface area contributed by atoms with Crippen LogP contribution >= 0.6 is 0 Å². The molecule has 0 aliphatic carbocycles. The molecule has 0 bridgehead atoms. The van der Waals surface area contributed by atoms with Gasteiger partial charge in [-0.2, -0.15) is 5.26 Å². The number of ether oxygens (including phenoxy) is 5. The fourth-order valence-electron chi connectivity index (χ4n) is 3.18. The predicted molar refractivity (Wildman–Crippen MR) is 101 cm³/mol. The van der Waals surface area contributed by atoms with Gasteiger partial charge in [0, 0.05) is 12.0 Å². The average Bonchev–Trinajstić information content (AvgIpc) is 2.71. The van der Waals surface area contributed by atoms with Crippen LogP contribution in [-0.4, -0.2) is 33.9 Å². The Balaban J connectivity index is 2.83. The maximum Gasteiger partial charge on any atom is 0.338 e. The Morgan fingerprint density at radius 3 is 2.36 bits per heavy atom. The predicted octanol–water partition coefficient (Wildman–Crippen LogP) is 2.75. The molecule has 2 rings (SSSR count). The van der Waals surface area contributed by atoms with Gasteiger partial charge in [0.25, 0.3) is 0 Å². The second-order valence-corrected chi connectivity index (χ2v) is 5.76. The topological polar surface area (TPSA) is 113 Å². The van der Waals surface area contributed by atoms with E-state index < -0.39 is 11.9 Å². The van der Waals surface area contributed by atoms with E-state index in [1.54, 1.807) is 19.1 Å². The van der Waals surface area contributed by atoms with Gasteiger partial charge in [0.05, 0.1) is 39.4 Å². The highest BCUT2D eigenvalue weighted by atomic mass is 16.5. The molecule has 1 aliphatic heterocycles. The maximum atomic E-state index is 12.8. The summed E-state index contributed by atoms with van der Waals surface area (Å²) in [5, 5.41) is 9.73. The molecule has 0 unspecified atom stereocenters. The zero-order valence-corrected chi connectivity index (χ0v) is 16.6. The molecule has 1 atom stereocenters. The van der Waals surface area contributed by atoms with Crippen LogP contribution in [0.2, 0.25) is 0 Å². The molecule has 8 nitrogen and oxygen atoms in total. The van der Waals surface area contributed by atoms with Crippen LogP contribution in [0.3, 0.4) is 0 Å². The number of methoxy groups -OCH3 is 3. The summed E-state index contributed by atoms with van der Waals surface area (Å²) in [6, 6.07) is 5.43. The van der Waals surface area contributed by atoms with Crippen LogP contribution in [0.25, 0.3) is 0 Å². The highest BCUT2D eigenvalue weighted by Crippen LogP contribution is 2.49. The van der Waals surface area contributed by atoms with Crippen LogP contribution in [0, 0.1) is 11.3 Å². The standard InChI is InChI=1S/C20H24N2O6/c1-6-13-16(20(23)27-7-2)15(12(10-21)19(22)28-13)11-8-9-14(24-3)18(26-5)17(11)25-4/h8-9,15H,6-7,22H2,1-5H3/t15-/m1/s1. The van der Waals surface area contributed by atoms with Gasteiger partial charge in [-0.25, -0.2) is 4.79 Å². The smallest absolute Gasteiger partial charge is 0.338 e.